The van der Waals surface area contributed by atoms with E-state index < -0.39 is 0 Å². The van der Waals surface area contributed by atoms with Gasteiger partial charge in [-0.3, -0.25) is 14.6 Å². The zero-order valence-corrected chi connectivity index (χ0v) is 12.2. The van der Waals surface area contributed by atoms with Gasteiger partial charge in [0.15, 0.2) is 0 Å². The number of esters is 1. The van der Waals surface area contributed by atoms with Crippen molar-refractivity contribution in [1.82, 2.24) is 9.88 Å². The minimum absolute atomic E-state index is 0.127. The van der Waals surface area contributed by atoms with E-state index in [4.69, 9.17) is 4.74 Å². The summed E-state index contributed by atoms with van der Waals surface area (Å²) in [4.78, 5) is 29.6. The predicted octanol–water partition coefficient (Wildman–Crippen LogP) is 2.26. The molecule has 0 atom stereocenters. The molecule has 0 radical (unpaired) electrons. The van der Waals surface area contributed by atoms with Crippen LogP contribution in [-0.2, 0) is 9.53 Å². The molecule has 1 amide bonds. The average molecular weight is 286 g/mol. The van der Waals surface area contributed by atoms with Crippen molar-refractivity contribution >= 4 is 22.8 Å². The Morgan fingerprint density at radius 1 is 1.24 bits per heavy atom. The van der Waals surface area contributed by atoms with E-state index in [2.05, 4.69) is 4.98 Å². The molecule has 2 aromatic rings. The Kier molecular flexibility index (Phi) is 4.87. The first kappa shape index (κ1) is 15.0. The molecular formula is C16H18N2O3. The van der Waals surface area contributed by atoms with Crippen LogP contribution in [0.1, 0.15) is 23.7 Å². The smallest absolute Gasteiger partial charge is 0.307 e. The maximum atomic E-state index is 12.5. The van der Waals surface area contributed by atoms with Crippen LogP contribution < -0.4 is 0 Å². The molecule has 110 valence electrons. The molecule has 0 saturated heterocycles. The minimum atomic E-state index is -0.295. The van der Waals surface area contributed by atoms with E-state index in [1.807, 2.05) is 18.2 Å². The van der Waals surface area contributed by atoms with E-state index in [9.17, 15) is 9.59 Å². The summed E-state index contributed by atoms with van der Waals surface area (Å²) in [5.41, 5.74) is 1.37. The number of carbonyl (C=O) groups excluding carboxylic acids is 2. The summed E-state index contributed by atoms with van der Waals surface area (Å²) in [7, 11) is 1.68. The first-order chi connectivity index (χ1) is 10.1. The van der Waals surface area contributed by atoms with E-state index in [1.54, 1.807) is 32.3 Å². The molecule has 0 saturated carbocycles. The van der Waals surface area contributed by atoms with Crippen molar-refractivity contribution in [2.24, 2.45) is 0 Å². The lowest BCUT2D eigenvalue weighted by Gasteiger charge is -2.17. The molecule has 1 aromatic heterocycles. The molecule has 0 fully saturated rings. The van der Waals surface area contributed by atoms with Crippen LogP contribution in [0.2, 0.25) is 0 Å². The minimum Gasteiger partial charge on any atom is -0.466 e. The van der Waals surface area contributed by atoms with Gasteiger partial charge in [0, 0.05) is 30.7 Å². The number of nitrogens with zero attached hydrogens (tertiary/aromatic N) is 2. The molecule has 0 N–H and O–H groups in total. The molecular weight excluding hydrogens is 268 g/mol. The van der Waals surface area contributed by atoms with Gasteiger partial charge in [-0.15, -0.1) is 0 Å². The van der Waals surface area contributed by atoms with Gasteiger partial charge >= 0.3 is 5.97 Å². The highest BCUT2D eigenvalue weighted by atomic mass is 16.5. The van der Waals surface area contributed by atoms with Crippen molar-refractivity contribution in [2.75, 3.05) is 20.2 Å². The number of hydrogen-bond donors (Lipinski definition) is 0. The molecule has 2 rings (SSSR count). The van der Waals surface area contributed by atoms with E-state index in [-0.39, 0.29) is 18.3 Å². The fourth-order valence-corrected chi connectivity index (χ4v) is 2.09. The van der Waals surface area contributed by atoms with Crippen LogP contribution in [-0.4, -0.2) is 42.0 Å². The summed E-state index contributed by atoms with van der Waals surface area (Å²) in [6.45, 7) is 2.44. The van der Waals surface area contributed by atoms with Crippen molar-refractivity contribution in [2.45, 2.75) is 13.3 Å². The lowest BCUT2D eigenvalue weighted by molar-refractivity contribution is -0.143. The van der Waals surface area contributed by atoms with Crippen molar-refractivity contribution in [1.29, 1.82) is 0 Å². The Bertz CT molecular complexity index is 650. The zero-order valence-electron chi connectivity index (χ0n) is 12.2. The van der Waals surface area contributed by atoms with E-state index in [1.165, 1.54) is 4.90 Å². The summed E-state index contributed by atoms with van der Waals surface area (Å²) in [6, 6.07) is 9.12. The Labute approximate surface area is 123 Å². The lowest BCUT2D eigenvalue weighted by Crippen LogP contribution is -2.29. The highest BCUT2D eigenvalue weighted by Gasteiger charge is 2.15. The highest BCUT2D eigenvalue weighted by Crippen LogP contribution is 2.17. The monoisotopic (exact) mass is 286 g/mol. The van der Waals surface area contributed by atoms with Crippen molar-refractivity contribution in [3.05, 3.63) is 42.1 Å². The average Bonchev–Trinajstić information content (AvgIpc) is 2.51. The van der Waals surface area contributed by atoms with E-state index in [0.717, 1.165) is 10.9 Å². The van der Waals surface area contributed by atoms with Gasteiger partial charge in [0.1, 0.15) is 0 Å². The summed E-state index contributed by atoms with van der Waals surface area (Å²) in [6.07, 6.45) is 1.89. The number of benzene rings is 1. The second-order valence-electron chi connectivity index (χ2n) is 4.66. The van der Waals surface area contributed by atoms with Crippen LogP contribution in [0.25, 0.3) is 10.9 Å². The van der Waals surface area contributed by atoms with Crippen LogP contribution in [0, 0.1) is 0 Å². The molecule has 5 nitrogen and oxygen atoms in total. The number of rotatable bonds is 5. The van der Waals surface area contributed by atoms with Crippen molar-refractivity contribution in [3.63, 3.8) is 0 Å². The lowest BCUT2D eigenvalue weighted by atomic mass is 10.1. The van der Waals surface area contributed by atoms with Crippen LogP contribution in [0.3, 0.4) is 0 Å². The van der Waals surface area contributed by atoms with Crippen molar-refractivity contribution < 1.29 is 14.3 Å². The van der Waals surface area contributed by atoms with Crippen LogP contribution >= 0.6 is 0 Å². The van der Waals surface area contributed by atoms with Gasteiger partial charge in [-0.2, -0.15) is 0 Å². The van der Waals surface area contributed by atoms with Crippen molar-refractivity contribution in [3.8, 4) is 0 Å². The SMILES string of the molecule is CCOC(=O)CCN(C)C(=O)c1cccc2ncccc12. The molecule has 0 bridgehead atoms. The second-order valence-corrected chi connectivity index (χ2v) is 4.66. The Morgan fingerprint density at radius 3 is 2.81 bits per heavy atom. The van der Waals surface area contributed by atoms with Gasteiger partial charge < -0.3 is 9.64 Å². The van der Waals surface area contributed by atoms with Crippen LogP contribution in [0.15, 0.2) is 36.5 Å². The molecule has 1 heterocycles. The quantitative estimate of drug-likeness (QED) is 0.791. The Morgan fingerprint density at radius 2 is 2.05 bits per heavy atom. The van der Waals surface area contributed by atoms with Gasteiger partial charge in [-0.25, -0.2) is 0 Å². The summed E-state index contributed by atoms with van der Waals surface area (Å²) >= 11 is 0. The van der Waals surface area contributed by atoms with Gasteiger partial charge in [-0.05, 0) is 25.1 Å². The van der Waals surface area contributed by atoms with Crippen LogP contribution in [0.4, 0.5) is 0 Å². The molecule has 1 aromatic carbocycles. The molecule has 21 heavy (non-hydrogen) atoms. The Balaban J connectivity index is 2.13. The standard InChI is InChI=1S/C16H18N2O3/c1-3-21-15(19)9-11-18(2)16(20)13-6-4-8-14-12(13)7-5-10-17-14/h4-8,10H,3,9,11H2,1-2H3. The number of ether oxygens (including phenoxy) is 1. The van der Waals surface area contributed by atoms with Gasteiger partial charge in [0.25, 0.3) is 5.91 Å². The first-order valence-electron chi connectivity index (χ1n) is 6.88. The predicted molar refractivity (Wildman–Crippen MR) is 80.0 cm³/mol. The summed E-state index contributed by atoms with van der Waals surface area (Å²) in [5.74, 6) is -0.422. The number of aromatic nitrogens is 1. The molecule has 5 heteroatoms. The second kappa shape index (κ2) is 6.83. The maximum absolute atomic E-state index is 12.5. The fraction of sp³-hybridized carbons (Fsp3) is 0.312. The molecule has 0 unspecified atom stereocenters. The number of pyridine rings is 1. The third kappa shape index (κ3) is 3.56. The van der Waals surface area contributed by atoms with Gasteiger partial charge in [0.05, 0.1) is 18.5 Å². The maximum Gasteiger partial charge on any atom is 0.307 e. The Hall–Kier alpha value is -2.43. The third-order valence-electron chi connectivity index (χ3n) is 3.18. The normalized spacial score (nSPS) is 10.4. The number of hydrogen-bond acceptors (Lipinski definition) is 4. The zero-order chi connectivity index (χ0) is 15.2. The molecule has 0 aliphatic heterocycles. The fourth-order valence-electron chi connectivity index (χ4n) is 2.09. The highest BCUT2D eigenvalue weighted by molar-refractivity contribution is 6.06. The molecule has 0 aliphatic rings. The van der Waals surface area contributed by atoms with E-state index in [0.29, 0.717) is 18.7 Å². The molecule has 0 spiro atoms. The third-order valence-corrected chi connectivity index (χ3v) is 3.18. The topological polar surface area (TPSA) is 59.5 Å². The summed E-state index contributed by atoms with van der Waals surface area (Å²) < 4.78 is 4.86. The molecule has 0 aliphatic carbocycles. The number of carbonyl (C=O) groups is 2. The first-order valence-corrected chi connectivity index (χ1v) is 6.88. The summed E-state index contributed by atoms with van der Waals surface area (Å²) in [5, 5.41) is 0.813. The number of fused-ring (bicyclic) bond motifs is 1. The van der Waals surface area contributed by atoms with Crippen LogP contribution in [0.5, 0.6) is 0 Å². The van der Waals surface area contributed by atoms with E-state index >= 15 is 0 Å². The number of amides is 1. The largest absolute Gasteiger partial charge is 0.466 e. The van der Waals surface area contributed by atoms with Gasteiger partial charge in [0.2, 0.25) is 0 Å². The van der Waals surface area contributed by atoms with Gasteiger partial charge in [-0.1, -0.05) is 12.1 Å².